The van der Waals surface area contributed by atoms with Crippen molar-refractivity contribution in [1.82, 2.24) is 0 Å². The maximum Gasteiger partial charge on any atom is 0.291 e. The van der Waals surface area contributed by atoms with Crippen molar-refractivity contribution in [3.8, 4) is 0 Å². The highest BCUT2D eigenvalue weighted by atomic mass is 127. The molecule has 0 saturated heterocycles. The number of furan rings is 1. The fraction of sp³-hybridized carbons (Fsp3) is 0.0556. The summed E-state index contributed by atoms with van der Waals surface area (Å²) in [5, 5.41) is 2.41. The summed E-state index contributed by atoms with van der Waals surface area (Å²) in [4.78, 5) is 12.3. The van der Waals surface area contributed by atoms with Gasteiger partial charge in [0, 0.05) is 9.26 Å². The van der Waals surface area contributed by atoms with Crippen molar-refractivity contribution in [1.29, 1.82) is 0 Å². The van der Waals surface area contributed by atoms with E-state index in [1.807, 2.05) is 19.1 Å². The molecule has 0 bridgehead atoms. The first-order chi connectivity index (χ1) is 11.9. The van der Waals surface area contributed by atoms with Gasteiger partial charge < -0.3 is 9.73 Å². The quantitative estimate of drug-likeness (QED) is 0.582. The van der Waals surface area contributed by atoms with Gasteiger partial charge in [0.2, 0.25) is 14.9 Å². The molecule has 0 radical (unpaired) electrons. The SMILES string of the molecule is Cc1ccc(S(=O)(=O)c2ccc(C(=O)Nc3ccc(I)cc3)o2)cc1. The van der Waals surface area contributed by atoms with Crippen molar-refractivity contribution in [2.24, 2.45) is 0 Å². The molecule has 0 saturated carbocycles. The Morgan fingerprint density at radius 3 is 2.24 bits per heavy atom. The van der Waals surface area contributed by atoms with Crippen LogP contribution in [-0.4, -0.2) is 14.3 Å². The largest absolute Gasteiger partial charge is 0.439 e. The van der Waals surface area contributed by atoms with Gasteiger partial charge >= 0.3 is 0 Å². The molecular formula is C18H14INO4S. The molecule has 0 fully saturated rings. The third-order valence-electron chi connectivity index (χ3n) is 3.50. The second kappa shape index (κ2) is 7.01. The molecule has 1 N–H and O–H groups in total. The molecule has 7 heteroatoms. The third kappa shape index (κ3) is 3.93. The van der Waals surface area contributed by atoms with Crippen molar-refractivity contribution in [3.05, 3.63) is 75.6 Å². The van der Waals surface area contributed by atoms with E-state index in [1.165, 1.54) is 24.3 Å². The lowest BCUT2D eigenvalue weighted by Gasteiger charge is -2.04. The smallest absolute Gasteiger partial charge is 0.291 e. The second-order valence-electron chi connectivity index (χ2n) is 5.40. The number of amides is 1. The molecule has 128 valence electrons. The lowest BCUT2D eigenvalue weighted by atomic mass is 10.2. The van der Waals surface area contributed by atoms with Crippen LogP contribution in [0, 0.1) is 10.5 Å². The number of carbonyl (C=O) groups is 1. The average molecular weight is 467 g/mol. The Labute approximate surface area is 159 Å². The molecule has 3 aromatic rings. The number of carbonyl (C=O) groups excluding carboxylic acids is 1. The van der Waals surface area contributed by atoms with E-state index < -0.39 is 15.7 Å². The van der Waals surface area contributed by atoms with Crippen LogP contribution in [-0.2, 0) is 9.84 Å². The van der Waals surface area contributed by atoms with E-state index in [9.17, 15) is 13.2 Å². The first kappa shape index (κ1) is 17.7. The van der Waals surface area contributed by atoms with Gasteiger partial charge in [0.15, 0.2) is 5.76 Å². The second-order valence-corrected chi connectivity index (χ2v) is 8.52. The zero-order valence-electron chi connectivity index (χ0n) is 13.2. The minimum absolute atomic E-state index is 0.0655. The van der Waals surface area contributed by atoms with Crippen LogP contribution in [0.3, 0.4) is 0 Å². The number of hydrogen-bond donors (Lipinski definition) is 1. The summed E-state index contributed by atoms with van der Waals surface area (Å²) in [6, 6.07) is 16.3. The molecule has 0 atom stereocenters. The first-order valence-electron chi connectivity index (χ1n) is 7.35. The Balaban J connectivity index is 1.82. The first-order valence-corrected chi connectivity index (χ1v) is 9.91. The Morgan fingerprint density at radius 1 is 0.960 bits per heavy atom. The van der Waals surface area contributed by atoms with Crippen LogP contribution in [0.25, 0.3) is 0 Å². The Bertz CT molecular complexity index is 1010. The van der Waals surface area contributed by atoms with Crippen molar-refractivity contribution >= 4 is 44.0 Å². The van der Waals surface area contributed by atoms with Crippen molar-refractivity contribution in [2.45, 2.75) is 16.9 Å². The van der Waals surface area contributed by atoms with E-state index in [2.05, 4.69) is 27.9 Å². The van der Waals surface area contributed by atoms with Crippen LogP contribution < -0.4 is 5.32 Å². The van der Waals surface area contributed by atoms with Gasteiger partial charge in [0.05, 0.1) is 4.90 Å². The van der Waals surface area contributed by atoms with Crippen LogP contribution >= 0.6 is 22.6 Å². The molecule has 0 aliphatic carbocycles. The lowest BCUT2D eigenvalue weighted by Crippen LogP contribution is -2.10. The summed E-state index contributed by atoms with van der Waals surface area (Å²) in [7, 11) is -3.79. The van der Waals surface area contributed by atoms with E-state index in [0.29, 0.717) is 5.69 Å². The molecule has 1 heterocycles. The normalized spacial score (nSPS) is 11.3. The van der Waals surface area contributed by atoms with E-state index >= 15 is 0 Å². The number of benzene rings is 2. The van der Waals surface area contributed by atoms with Gasteiger partial charge in [0.25, 0.3) is 5.91 Å². The van der Waals surface area contributed by atoms with Crippen LogP contribution in [0.5, 0.6) is 0 Å². The average Bonchev–Trinajstić information content (AvgIpc) is 3.08. The fourth-order valence-corrected chi connectivity index (χ4v) is 3.68. The standard InChI is InChI=1S/C18H14INO4S/c1-12-2-8-15(9-3-12)25(22,23)17-11-10-16(24-17)18(21)20-14-6-4-13(19)5-7-14/h2-11H,1H3,(H,20,21). The molecule has 5 nitrogen and oxygen atoms in total. The molecule has 0 unspecified atom stereocenters. The van der Waals surface area contributed by atoms with Gasteiger partial charge in [-0.1, -0.05) is 17.7 Å². The fourth-order valence-electron chi connectivity index (χ4n) is 2.15. The number of halogens is 1. The monoisotopic (exact) mass is 467 g/mol. The van der Waals surface area contributed by atoms with Crippen molar-refractivity contribution in [2.75, 3.05) is 5.32 Å². The van der Waals surface area contributed by atoms with Gasteiger partial charge in [0.1, 0.15) is 0 Å². The molecule has 1 amide bonds. The number of anilines is 1. The zero-order valence-corrected chi connectivity index (χ0v) is 16.2. The van der Waals surface area contributed by atoms with Crippen LogP contribution in [0.4, 0.5) is 5.69 Å². The van der Waals surface area contributed by atoms with Gasteiger partial charge in [-0.3, -0.25) is 4.79 Å². The predicted octanol–water partition coefficient (Wildman–Crippen LogP) is 4.28. The van der Waals surface area contributed by atoms with Crippen LogP contribution in [0.2, 0.25) is 0 Å². The molecule has 0 aliphatic rings. The van der Waals surface area contributed by atoms with Crippen LogP contribution in [0.15, 0.2) is 75.1 Å². The Kier molecular flexibility index (Phi) is 4.96. The highest BCUT2D eigenvalue weighted by molar-refractivity contribution is 14.1. The number of sulfone groups is 1. The van der Waals surface area contributed by atoms with Gasteiger partial charge in [-0.25, -0.2) is 8.42 Å². The third-order valence-corrected chi connectivity index (χ3v) is 5.86. The summed E-state index contributed by atoms with van der Waals surface area (Å²) >= 11 is 2.16. The number of hydrogen-bond acceptors (Lipinski definition) is 4. The Morgan fingerprint density at radius 2 is 1.60 bits per heavy atom. The van der Waals surface area contributed by atoms with Gasteiger partial charge in [-0.2, -0.15) is 0 Å². The highest BCUT2D eigenvalue weighted by Crippen LogP contribution is 2.24. The van der Waals surface area contributed by atoms with Gasteiger partial charge in [-0.15, -0.1) is 0 Å². The molecule has 0 aliphatic heterocycles. The molecular weight excluding hydrogens is 453 g/mol. The summed E-state index contributed by atoms with van der Waals surface area (Å²) in [6.07, 6.45) is 0. The lowest BCUT2D eigenvalue weighted by molar-refractivity contribution is 0.0991. The summed E-state index contributed by atoms with van der Waals surface area (Å²) in [5.41, 5.74) is 1.56. The van der Waals surface area contributed by atoms with Crippen LogP contribution in [0.1, 0.15) is 16.1 Å². The highest BCUT2D eigenvalue weighted by Gasteiger charge is 2.23. The van der Waals surface area contributed by atoms with Crippen molar-refractivity contribution < 1.29 is 17.6 Å². The maximum absolute atomic E-state index is 12.6. The molecule has 0 spiro atoms. The van der Waals surface area contributed by atoms with E-state index in [-0.39, 0.29) is 15.7 Å². The molecule has 3 rings (SSSR count). The zero-order chi connectivity index (χ0) is 18.0. The Hall–Kier alpha value is -2.13. The van der Waals surface area contributed by atoms with E-state index in [4.69, 9.17) is 4.42 Å². The number of nitrogens with one attached hydrogen (secondary N) is 1. The summed E-state index contributed by atoms with van der Waals surface area (Å²) in [6.45, 7) is 1.87. The molecule has 1 aromatic heterocycles. The molecule has 2 aromatic carbocycles. The summed E-state index contributed by atoms with van der Waals surface area (Å²) in [5.74, 6) is -0.573. The molecule has 25 heavy (non-hydrogen) atoms. The number of rotatable bonds is 4. The minimum Gasteiger partial charge on any atom is -0.439 e. The van der Waals surface area contributed by atoms with E-state index in [0.717, 1.165) is 9.13 Å². The van der Waals surface area contributed by atoms with Gasteiger partial charge in [-0.05, 0) is 78.0 Å². The predicted molar refractivity (Wildman–Crippen MR) is 102 cm³/mol. The maximum atomic E-state index is 12.6. The number of aryl methyl sites for hydroxylation is 1. The minimum atomic E-state index is -3.79. The van der Waals surface area contributed by atoms with E-state index in [1.54, 1.807) is 24.3 Å². The van der Waals surface area contributed by atoms with Crippen molar-refractivity contribution in [3.63, 3.8) is 0 Å². The topological polar surface area (TPSA) is 76.4 Å². The summed E-state index contributed by atoms with van der Waals surface area (Å²) < 4.78 is 31.4.